The lowest BCUT2D eigenvalue weighted by molar-refractivity contribution is 0.0489. The van der Waals surface area contributed by atoms with Crippen molar-refractivity contribution in [1.82, 2.24) is 4.98 Å². The lowest BCUT2D eigenvalue weighted by Gasteiger charge is -2.07. The Morgan fingerprint density at radius 1 is 1.32 bits per heavy atom. The summed E-state index contributed by atoms with van der Waals surface area (Å²) in [5.74, 6) is -1.10. The van der Waals surface area contributed by atoms with Gasteiger partial charge >= 0.3 is 5.97 Å². The monoisotopic (exact) mass is 359 g/mol. The zero-order chi connectivity index (χ0) is 18.0. The molecule has 0 saturated carbocycles. The van der Waals surface area contributed by atoms with Crippen LogP contribution in [0.3, 0.4) is 0 Å². The van der Waals surface area contributed by atoms with Crippen molar-refractivity contribution in [1.29, 1.82) is 0 Å². The number of unbranched alkanes of at least 4 members (excludes halogenated alkanes) is 1. The zero-order valence-electron chi connectivity index (χ0n) is 14.0. The molecule has 0 atom stereocenters. The van der Waals surface area contributed by atoms with Gasteiger partial charge in [-0.05, 0) is 37.1 Å². The molecule has 0 aliphatic heterocycles. The van der Waals surface area contributed by atoms with E-state index in [1.165, 1.54) is 23.5 Å². The van der Waals surface area contributed by atoms with Crippen LogP contribution in [0.25, 0.3) is 20.5 Å². The van der Waals surface area contributed by atoms with E-state index < -0.39 is 5.97 Å². The highest BCUT2D eigenvalue weighted by molar-refractivity contribution is 7.22. The summed E-state index contributed by atoms with van der Waals surface area (Å²) in [6, 6.07) is 7.93. The van der Waals surface area contributed by atoms with E-state index in [1.54, 1.807) is 25.1 Å². The summed E-state index contributed by atoms with van der Waals surface area (Å²) in [5, 5.41) is 11.0. The Balaban J connectivity index is 2.01. The largest absolute Gasteiger partial charge is 0.505 e. The van der Waals surface area contributed by atoms with Gasteiger partial charge in [-0.15, -0.1) is 11.3 Å². The number of esters is 1. The van der Waals surface area contributed by atoms with Crippen LogP contribution >= 0.6 is 11.3 Å². The third-order valence-corrected chi connectivity index (χ3v) is 5.17. The predicted octanol–water partition coefficient (Wildman–Crippen LogP) is 5.07. The van der Waals surface area contributed by atoms with Crippen molar-refractivity contribution in [2.24, 2.45) is 0 Å². The van der Waals surface area contributed by atoms with Crippen molar-refractivity contribution in [2.45, 2.75) is 26.7 Å². The van der Waals surface area contributed by atoms with Gasteiger partial charge in [-0.2, -0.15) is 0 Å². The average Bonchev–Trinajstić information content (AvgIpc) is 3.05. The maximum Gasteiger partial charge on any atom is 0.360 e. The molecule has 3 aromatic rings. The first-order chi connectivity index (χ1) is 12.0. The van der Waals surface area contributed by atoms with Crippen LogP contribution < -0.4 is 0 Å². The molecule has 0 unspecified atom stereocenters. The quantitative estimate of drug-likeness (QED) is 0.510. The first-order valence-electron chi connectivity index (χ1n) is 8.07. The highest BCUT2D eigenvalue weighted by Crippen LogP contribution is 2.40. The lowest BCUT2D eigenvalue weighted by Crippen LogP contribution is -2.09. The number of benzene rings is 1. The third-order valence-electron chi connectivity index (χ3n) is 3.87. The van der Waals surface area contributed by atoms with E-state index in [1.807, 2.05) is 6.92 Å². The Hall–Kier alpha value is -2.47. The van der Waals surface area contributed by atoms with Gasteiger partial charge in [0.2, 0.25) is 0 Å². The second kappa shape index (κ2) is 7.19. The summed E-state index contributed by atoms with van der Waals surface area (Å²) < 4.78 is 19.1. The molecule has 0 radical (unpaired) electrons. The molecule has 0 aliphatic carbocycles. The van der Waals surface area contributed by atoms with E-state index in [0.29, 0.717) is 17.7 Å². The fourth-order valence-electron chi connectivity index (χ4n) is 2.51. The van der Waals surface area contributed by atoms with Gasteiger partial charge in [0.1, 0.15) is 5.82 Å². The molecule has 4 nitrogen and oxygen atoms in total. The van der Waals surface area contributed by atoms with Crippen molar-refractivity contribution >= 4 is 27.4 Å². The van der Waals surface area contributed by atoms with Crippen molar-refractivity contribution in [3.63, 3.8) is 0 Å². The van der Waals surface area contributed by atoms with Gasteiger partial charge in [0, 0.05) is 10.3 Å². The topological polar surface area (TPSA) is 59.4 Å². The Labute approximate surface area is 148 Å². The van der Waals surface area contributed by atoms with E-state index >= 15 is 0 Å². The van der Waals surface area contributed by atoms with Crippen LogP contribution in [0.15, 0.2) is 30.3 Å². The van der Waals surface area contributed by atoms with Gasteiger partial charge < -0.3 is 9.84 Å². The Kier molecular flexibility index (Phi) is 4.99. The Bertz CT molecular complexity index is 919. The number of thiophene rings is 1. The highest BCUT2D eigenvalue weighted by Gasteiger charge is 2.21. The summed E-state index contributed by atoms with van der Waals surface area (Å²) in [6.07, 6.45) is 1.68. The van der Waals surface area contributed by atoms with E-state index in [-0.39, 0.29) is 17.3 Å². The number of hydrogen-bond donors (Lipinski definition) is 1. The number of aromatic nitrogens is 1. The first kappa shape index (κ1) is 17.4. The van der Waals surface area contributed by atoms with Gasteiger partial charge in [0.25, 0.3) is 0 Å². The number of halogens is 1. The summed E-state index contributed by atoms with van der Waals surface area (Å²) in [5.41, 5.74) is 1.42. The number of rotatable bonds is 5. The van der Waals surface area contributed by atoms with Gasteiger partial charge in [-0.1, -0.05) is 25.5 Å². The molecule has 2 heterocycles. The van der Waals surface area contributed by atoms with Crippen molar-refractivity contribution in [3.8, 4) is 16.2 Å². The number of pyridine rings is 1. The Morgan fingerprint density at radius 2 is 2.04 bits per heavy atom. The molecule has 0 aliphatic rings. The summed E-state index contributed by atoms with van der Waals surface area (Å²) >= 11 is 1.44. The molecule has 2 aromatic heterocycles. The number of nitrogens with zero attached hydrogens (tertiary/aromatic N) is 1. The standard InChI is InChI=1S/C19H18FNO3S/c1-3-4-9-24-19(23)16-17(22)14-10-15(25-18(14)11(2)21-16)12-5-7-13(20)8-6-12/h5-8,10,22H,3-4,9H2,1-2H3. The average molecular weight is 359 g/mol. The minimum absolute atomic E-state index is 0.0652. The normalized spacial score (nSPS) is 11.0. The minimum atomic E-state index is -0.620. The van der Waals surface area contributed by atoms with Crippen LogP contribution in [-0.4, -0.2) is 22.7 Å². The smallest absolute Gasteiger partial charge is 0.360 e. The number of carbonyl (C=O) groups is 1. The molecule has 0 bridgehead atoms. The van der Waals surface area contributed by atoms with E-state index in [0.717, 1.165) is 28.0 Å². The van der Waals surface area contributed by atoms with E-state index in [4.69, 9.17) is 4.74 Å². The number of aryl methyl sites for hydroxylation is 1. The van der Waals surface area contributed by atoms with Crippen LogP contribution in [-0.2, 0) is 4.74 Å². The van der Waals surface area contributed by atoms with Gasteiger partial charge in [0.05, 0.1) is 17.0 Å². The summed E-state index contributed by atoms with van der Waals surface area (Å²) in [4.78, 5) is 17.3. The predicted molar refractivity (Wildman–Crippen MR) is 96.6 cm³/mol. The van der Waals surface area contributed by atoms with Crippen LogP contribution in [0, 0.1) is 12.7 Å². The van der Waals surface area contributed by atoms with Gasteiger partial charge in [0.15, 0.2) is 11.4 Å². The Morgan fingerprint density at radius 3 is 2.72 bits per heavy atom. The second-order valence-corrected chi connectivity index (χ2v) is 6.80. The zero-order valence-corrected chi connectivity index (χ0v) is 14.8. The van der Waals surface area contributed by atoms with E-state index in [2.05, 4.69) is 4.98 Å². The molecule has 6 heteroatoms. The fourth-order valence-corrected chi connectivity index (χ4v) is 3.62. The summed E-state index contributed by atoms with van der Waals surface area (Å²) in [6.45, 7) is 4.09. The summed E-state index contributed by atoms with van der Waals surface area (Å²) in [7, 11) is 0. The maximum atomic E-state index is 13.1. The molecule has 0 amide bonds. The van der Waals surface area contributed by atoms with Crippen LogP contribution in [0.2, 0.25) is 0 Å². The number of hydrogen-bond acceptors (Lipinski definition) is 5. The van der Waals surface area contributed by atoms with Crippen molar-refractivity contribution < 1.29 is 19.0 Å². The van der Waals surface area contributed by atoms with Gasteiger partial charge in [-0.3, -0.25) is 0 Å². The molecule has 3 rings (SSSR count). The number of carbonyl (C=O) groups excluding carboxylic acids is 1. The van der Waals surface area contributed by atoms with Crippen LogP contribution in [0.5, 0.6) is 5.75 Å². The molecule has 0 saturated heterocycles. The van der Waals surface area contributed by atoms with E-state index in [9.17, 15) is 14.3 Å². The molecular formula is C19H18FNO3S. The lowest BCUT2D eigenvalue weighted by atomic mass is 10.1. The molecule has 0 fully saturated rings. The minimum Gasteiger partial charge on any atom is -0.505 e. The number of fused-ring (bicyclic) bond motifs is 1. The number of ether oxygens (including phenoxy) is 1. The fraction of sp³-hybridized carbons (Fsp3) is 0.263. The van der Waals surface area contributed by atoms with Crippen molar-refractivity contribution in [3.05, 3.63) is 47.5 Å². The molecular weight excluding hydrogens is 341 g/mol. The molecule has 25 heavy (non-hydrogen) atoms. The first-order valence-corrected chi connectivity index (χ1v) is 8.89. The molecule has 1 N–H and O–H groups in total. The molecule has 130 valence electrons. The molecule has 0 spiro atoms. The number of aromatic hydroxyl groups is 1. The van der Waals surface area contributed by atoms with Gasteiger partial charge in [-0.25, -0.2) is 14.2 Å². The van der Waals surface area contributed by atoms with Crippen LogP contribution in [0.1, 0.15) is 35.9 Å². The third kappa shape index (κ3) is 3.49. The molecule has 1 aromatic carbocycles. The van der Waals surface area contributed by atoms with Crippen molar-refractivity contribution in [2.75, 3.05) is 6.61 Å². The maximum absolute atomic E-state index is 13.1. The second-order valence-electron chi connectivity index (χ2n) is 5.74. The highest BCUT2D eigenvalue weighted by atomic mass is 32.1. The SMILES string of the molecule is CCCCOC(=O)c1nc(C)c2sc(-c3ccc(F)cc3)cc2c1O. The van der Waals surface area contributed by atoms with Crippen LogP contribution in [0.4, 0.5) is 4.39 Å².